The molecule has 1 aromatic heterocycles. The van der Waals surface area contributed by atoms with Gasteiger partial charge in [0.1, 0.15) is 5.82 Å². The van der Waals surface area contributed by atoms with Gasteiger partial charge in [-0.3, -0.25) is 14.1 Å². The number of likely N-dealkylation sites (N-methyl/N-ethyl adjacent to an activating group) is 1. The topological polar surface area (TPSA) is 132 Å². The van der Waals surface area contributed by atoms with Crippen molar-refractivity contribution in [3.05, 3.63) is 52.1 Å². The summed E-state index contributed by atoms with van der Waals surface area (Å²) in [5.74, 6) is -0.683. The van der Waals surface area contributed by atoms with Crippen molar-refractivity contribution in [1.29, 1.82) is 0 Å². The quantitative estimate of drug-likeness (QED) is 0.342. The third-order valence-corrected chi connectivity index (χ3v) is 6.31. The number of H-pyrrole nitrogens is 1. The van der Waals surface area contributed by atoms with E-state index < -0.39 is 10.1 Å². The summed E-state index contributed by atoms with van der Waals surface area (Å²) in [7, 11) is -3.67. The number of hydrogen-bond acceptors (Lipinski definition) is 5. The maximum atomic E-state index is 13.9. The van der Waals surface area contributed by atoms with E-state index in [1.54, 1.807) is 6.07 Å². The highest BCUT2D eigenvalue weighted by Crippen LogP contribution is 2.43. The number of aryl methyl sites for hydroxylation is 1. The Hall–Kier alpha value is -3.02. The van der Waals surface area contributed by atoms with Crippen molar-refractivity contribution >= 4 is 38.8 Å². The van der Waals surface area contributed by atoms with E-state index in [9.17, 15) is 22.4 Å². The zero-order chi connectivity index (χ0) is 26.6. The van der Waals surface area contributed by atoms with Crippen LogP contribution in [0.3, 0.4) is 0 Å². The van der Waals surface area contributed by atoms with Crippen molar-refractivity contribution in [3.63, 3.8) is 0 Å². The first-order valence-electron chi connectivity index (χ1n) is 11.9. The lowest BCUT2D eigenvalue weighted by molar-refractivity contribution is -0.110. The van der Waals surface area contributed by atoms with Crippen LogP contribution in [0.2, 0.25) is 0 Å². The number of hydrogen-bond donors (Lipinski definition) is 4. The predicted molar refractivity (Wildman–Crippen MR) is 138 cm³/mol. The molecule has 2 aliphatic rings. The standard InChI is InChI=1S/C24H29FN4O2.CH4O3S/c1-4-29(5-2)12-11-26-23(30)20-14(3)27-22-16(20)7-6-8-17(22)21-18-13-15(25)9-10-19(18)28-24(21)31;1-5(2,3)4/h9-10,13,27H,4-8,11-12H2,1-3H3,(H,26,30)(H,28,31);1H3,(H,2,3,4). The molecule has 1 aliphatic heterocycles. The zero-order valence-corrected chi connectivity index (χ0v) is 21.8. The average molecular weight is 521 g/mol. The molecule has 0 radical (unpaired) electrons. The Kier molecular flexibility index (Phi) is 8.70. The van der Waals surface area contributed by atoms with E-state index in [1.807, 2.05) is 6.92 Å². The van der Waals surface area contributed by atoms with Crippen LogP contribution in [-0.2, 0) is 21.3 Å². The van der Waals surface area contributed by atoms with Gasteiger partial charge < -0.3 is 20.5 Å². The number of anilines is 1. The van der Waals surface area contributed by atoms with Gasteiger partial charge in [-0.1, -0.05) is 13.8 Å². The van der Waals surface area contributed by atoms with Crippen LogP contribution in [0, 0.1) is 12.7 Å². The van der Waals surface area contributed by atoms with Crippen LogP contribution >= 0.6 is 0 Å². The fourth-order valence-corrected chi connectivity index (χ4v) is 4.70. The first-order chi connectivity index (χ1) is 16.9. The minimum atomic E-state index is -3.67. The fourth-order valence-electron chi connectivity index (χ4n) is 4.70. The number of halogens is 1. The van der Waals surface area contributed by atoms with Crippen LogP contribution in [0.25, 0.3) is 11.1 Å². The van der Waals surface area contributed by atoms with Gasteiger partial charge >= 0.3 is 0 Å². The van der Waals surface area contributed by atoms with Crippen molar-refractivity contribution in [2.45, 2.75) is 40.0 Å². The molecule has 9 nitrogen and oxygen atoms in total. The van der Waals surface area contributed by atoms with E-state index in [-0.39, 0.29) is 17.6 Å². The number of amides is 2. The molecule has 2 amide bonds. The molecule has 2 heterocycles. The molecule has 0 spiro atoms. The van der Waals surface area contributed by atoms with E-state index in [0.717, 1.165) is 55.0 Å². The number of benzene rings is 1. The number of nitrogens with zero attached hydrogens (tertiary/aromatic N) is 1. The Morgan fingerprint density at radius 1 is 1.22 bits per heavy atom. The van der Waals surface area contributed by atoms with Gasteiger partial charge in [0.2, 0.25) is 0 Å². The lowest BCUT2D eigenvalue weighted by Gasteiger charge is -2.19. The summed E-state index contributed by atoms with van der Waals surface area (Å²) >= 11 is 0. The lowest BCUT2D eigenvalue weighted by atomic mass is 9.86. The Morgan fingerprint density at radius 2 is 1.89 bits per heavy atom. The number of allylic oxidation sites excluding steroid dienone is 1. The number of carbonyl (C=O) groups is 2. The molecular weight excluding hydrogens is 487 g/mol. The third kappa shape index (κ3) is 6.40. The lowest BCUT2D eigenvalue weighted by Crippen LogP contribution is -2.35. The molecule has 1 aromatic carbocycles. The highest BCUT2D eigenvalue weighted by molar-refractivity contribution is 7.85. The second kappa shape index (κ2) is 11.4. The first-order valence-corrected chi connectivity index (χ1v) is 13.8. The summed E-state index contributed by atoms with van der Waals surface area (Å²) < 4.78 is 39.8. The zero-order valence-electron chi connectivity index (χ0n) is 21.0. The van der Waals surface area contributed by atoms with Crippen molar-refractivity contribution in [1.82, 2.24) is 15.2 Å². The molecule has 1 aliphatic carbocycles. The molecule has 36 heavy (non-hydrogen) atoms. The third-order valence-electron chi connectivity index (χ3n) is 6.31. The highest BCUT2D eigenvalue weighted by atomic mass is 32.2. The highest BCUT2D eigenvalue weighted by Gasteiger charge is 2.33. The Labute approximate surface area is 210 Å². The summed E-state index contributed by atoms with van der Waals surface area (Å²) in [4.78, 5) is 31.4. The molecule has 0 saturated heterocycles. The number of rotatable bonds is 6. The second-order valence-electron chi connectivity index (χ2n) is 8.85. The molecule has 0 unspecified atom stereocenters. The minimum Gasteiger partial charge on any atom is -0.358 e. The predicted octanol–water partition coefficient (Wildman–Crippen LogP) is 3.24. The summed E-state index contributed by atoms with van der Waals surface area (Å²) in [6, 6.07) is 4.34. The molecule has 0 fully saturated rings. The van der Waals surface area contributed by atoms with Crippen molar-refractivity contribution in [2.75, 3.05) is 37.8 Å². The van der Waals surface area contributed by atoms with Gasteiger partial charge in [-0.15, -0.1) is 0 Å². The number of fused-ring (bicyclic) bond motifs is 2. The molecule has 4 rings (SSSR count). The molecule has 2 aromatic rings. The first kappa shape index (κ1) is 27.6. The summed E-state index contributed by atoms with van der Waals surface area (Å²) in [6.07, 6.45) is 3.02. The maximum absolute atomic E-state index is 13.9. The Morgan fingerprint density at radius 3 is 2.53 bits per heavy atom. The van der Waals surface area contributed by atoms with E-state index in [4.69, 9.17) is 4.55 Å². The van der Waals surface area contributed by atoms with Gasteiger partial charge in [-0.05, 0) is 68.6 Å². The van der Waals surface area contributed by atoms with Crippen molar-refractivity contribution < 1.29 is 27.0 Å². The minimum absolute atomic E-state index is 0.0873. The number of aromatic nitrogens is 1. The summed E-state index contributed by atoms with van der Waals surface area (Å²) in [5, 5.41) is 5.88. The van der Waals surface area contributed by atoms with Crippen LogP contribution in [0.4, 0.5) is 10.1 Å². The molecule has 0 bridgehead atoms. The van der Waals surface area contributed by atoms with Crippen LogP contribution in [0.15, 0.2) is 18.2 Å². The summed E-state index contributed by atoms with van der Waals surface area (Å²) in [6.45, 7) is 9.40. The maximum Gasteiger partial charge on any atom is 0.261 e. The van der Waals surface area contributed by atoms with Gasteiger partial charge in [0, 0.05) is 35.7 Å². The molecular formula is C25H33FN4O5S. The molecule has 0 saturated carbocycles. The van der Waals surface area contributed by atoms with Gasteiger partial charge in [0.15, 0.2) is 0 Å². The molecule has 0 atom stereocenters. The van der Waals surface area contributed by atoms with Crippen LogP contribution in [0.1, 0.15) is 59.6 Å². The molecule has 196 valence electrons. The molecule has 4 N–H and O–H groups in total. The van der Waals surface area contributed by atoms with Gasteiger partial charge in [-0.2, -0.15) is 8.42 Å². The van der Waals surface area contributed by atoms with Crippen LogP contribution in [-0.4, -0.2) is 67.1 Å². The number of carbonyl (C=O) groups excluding carboxylic acids is 2. The number of nitrogens with one attached hydrogen (secondary N) is 3. The van der Waals surface area contributed by atoms with E-state index in [1.165, 1.54) is 12.1 Å². The van der Waals surface area contributed by atoms with Crippen LogP contribution in [0.5, 0.6) is 0 Å². The smallest absolute Gasteiger partial charge is 0.261 e. The Bertz CT molecular complexity index is 1290. The fraction of sp³-hybridized carbons (Fsp3) is 0.440. The van der Waals surface area contributed by atoms with Crippen molar-refractivity contribution in [3.8, 4) is 0 Å². The summed E-state index contributed by atoms with van der Waals surface area (Å²) in [5.41, 5.74) is 5.82. The monoisotopic (exact) mass is 520 g/mol. The molecule has 11 heteroatoms. The van der Waals surface area contributed by atoms with Crippen LogP contribution < -0.4 is 10.6 Å². The average Bonchev–Trinajstić information content (AvgIpc) is 3.30. The number of aromatic amines is 1. The van der Waals surface area contributed by atoms with E-state index in [2.05, 4.69) is 34.4 Å². The van der Waals surface area contributed by atoms with Gasteiger partial charge in [-0.25, -0.2) is 4.39 Å². The van der Waals surface area contributed by atoms with Gasteiger partial charge in [0.25, 0.3) is 21.9 Å². The van der Waals surface area contributed by atoms with E-state index >= 15 is 0 Å². The normalized spacial score (nSPS) is 16.7. The van der Waals surface area contributed by atoms with E-state index in [0.29, 0.717) is 41.6 Å². The second-order valence-corrected chi connectivity index (χ2v) is 10.3. The Balaban J connectivity index is 0.000000658. The SMILES string of the molecule is CCN(CC)CCNC(=O)c1c(C)[nH]c2c1CCCC2=C1C(=O)Nc2ccc(F)cc21.CS(=O)(=O)O. The van der Waals surface area contributed by atoms with Crippen molar-refractivity contribution in [2.24, 2.45) is 0 Å². The van der Waals surface area contributed by atoms with Gasteiger partial charge in [0.05, 0.1) is 17.4 Å². The largest absolute Gasteiger partial charge is 0.358 e.